The fourth-order valence-electron chi connectivity index (χ4n) is 1.47. The van der Waals surface area contributed by atoms with E-state index in [-0.39, 0.29) is 6.61 Å². The minimum Gasteiger partial charge on any atom is -0.465 e. The number of aryl methyl sites for hydroxylation is 1. The number of amides is 1. The molecule has 0 saturated heterocycles. The molecule has 3 N–H and O–H groups in total. The molecule has 0 atom stereocenters. The predicted octanol–water partition coefficient (Wildman–Crippen LogP) is -0.0339. The van der Waals surface area contributed by atoms with Crippen molar-refractivity contribution in [3.05, 3.63) is 23.2 Å². The Balaban J connectivity index is 2.30. The molecule has 1 aromatic rings. The van der Waals surface area contributed by atoms with E-state index in [2.05, 4.69) is 10.1 Å². The highest BCUT2D eigenvalue weighted by molar-refractivity contribution is 5.90. The van der Waals surface area contributed by atoms with Gasteiger partial charge >= 0.3 is 5.97 Å². The first-order chi connectivity index (χ1) is 9.04. The number of methoxy groups -OCH3 is 1. The van der Waals surface area contributed by atoms with E-state index in [0.717, 1.165) is 0 Å². The number of carbonyl (C=O) groups excluding carboxylic acids is 2. The van der Waals surface area contributed by atoms with Crippen LogP contribution in [0.15, 0.2) is 10.5 Å². The minimum atomic E-state index is -0.496. The van der Waals surface area contributed by atoms with E-state index in [1.54, 1.807) is 13.0 Å². The lowest BCUT2D eigenvalue weighted by Crippen LogP contribution is -2.23. The number of hydrogen-bond donors (Lipinski definition) is 2. The summed E-state index contributed by atoms with van der Waals surface area (Å²) in [4.78, 5) is 21.8. The van der Waals surface area contributed by atoms with Crippen LogP contribution in [0.5, 0.6) is 0 Å². The van der Waals surface area contributed by atoms with E-state index in [1.165, 1.54) is 7.11 Å². The van der Waals surface area contributed by atoms with Gasteiger partial charge in [0.05, 0.1) is 20.3 Å². The van der Waals surface area contributed by atoms with Crippen molar-refractivity contribution in [3.63, 3.8) is 0 Å². The summed E-state index contributed by atoms with van der Waals surface area (Å²) in [7, 11) is 1.32. The highest BCUT2D eigenvalue weighted by Crippen LogP contribution is 2.15. The molecule has 0 radical (unpaired) electrons. The second kappa shape index (κ2) is 7.55. The minimum absolute atomic E-state index is 0.0893. The van der Waals surface area contributed by atoms with E-state index in [9.17, 15) is 9.59 Å². The van der Waals surface area contributed by atoms with Crippen molar-refractivity contribution in [2.24, 2.45) is 5.73 Å². The van der Waals surface area contributed by atoms with Crippen molar-refractivity contribution in [2.45, 2.75) is 13.5 Å². The molecule has 0 spiro atoms. The van der Waals surface area contributed by atoms with Crippen LogP contribution in [0, 0.1) is 6.92 Å². The third-order valence-corrected chi connectivity index (χ3v) is 2.34. The topological polar surface area (TPSA) is 104 Å². The maximum Gasteiger partial charge on any atom is 0.341 e. The molecule has 0 bridgehead atoms. The van der Waals surface area contributed by atoms with Crippen molar-refractivity contribution >= 4 is 11.9 Å². The van der Waals surface area contributed by atoms with E-state index < -0.39 is 11.9 Å². The summed E-state index contributed by atoms with van der Waals surface area (Å²) in [6.07, 6.45) is 0. The molecule has 1 heterocycles. The number of furan rings is 1. The Morgan fingerprint density at radius 2 is 2.21 bits per heavy atom. The van der Waals surface area contributed by atoms with Gasteiger partial charge in [0.1, 0.15) is 23.7 Å². The number of esters is 1. The SMILES string of the molecule is COC(=O)c1cc(CNCCOCC(N)=O)oc1C. The first kappa shape index (κ1) is 15.2. The molecule has 19 heavy (non-hydrogen) atoms. The van der Waals surface area contributed by atoms with Crippen molar-refractivity contribution < 1.29 is 23.5 Å². The lowest BCUT2D eigenvalue weighted by atomic mass is 10.2. The monoisotopic (exact) mass is 270 g/mol. The molecule has 0 aliphatic carbocycles. The Morgan fingerprint density at radius 3 is 2.84 bits per heavy atom. The third kappa shape index (κ3) is 5.11. The number of nitrogens with one attached hydrogen (secondary N) is 1. The second-order valence-corrected chi connectivity index (χ2v) is 3.87. The Hall–Kier alpha value is -1.86. The average molecular weight is 270 g/mol. The Labute approximate surface area is 111 Å². The number of primary amides is 1. The number of carbonyl (C=O) groups is 2. The number of ether oxygens (including phenoxy) is 2. The van der Waals surface area contributed by atoms with Gasteiger partial charge in [0.15, 0.2) is 0 Å². The van der Waals surface area contributed by atoms with Crippen molar-refractivity contribution in [3.8, 4) is 0 Å². The van der Waals surface area contributed by atoms with Crippen LogP contribution in [0.4, 0.5) is 0 Å². The van der Waals surface area contributed by atoms with E-state index in [0.29, 0.717) is 36.8 Å². The number of hydrogen-bond acceptors (Lipinski definition) is 6. The molecule has 0 fully saturated rings. The van der Waals surface area contributed by atoms with E-state index in [1.807, 2.05) is 0 Å². The van der Waals surface area contributed by atoms with Crippen LogP contribution in [0.2, 0.25) is 0 Å². The smallest absolute Gasteiger partial charge is 0.341 e. The van der Waals surface area contributed by atoms with Gasteiger partial charge in [-0.3, -0.25) is 4.79 Å². The number of nitrogens with two attached hydrogens (primary N) is 1. The summed E-state index contributed by atoms with van der Waals surface area (Å²) in [6, 6.07) is 1.64. The number of rotatable bonds is 8. The molecule has 106 valence electrons. The van der Waals surface area contributed by atoms with Gasteiger partial charge in [0.2, 0.25) is 5.91 Å². The van der Waals surface area contributed by atoms with E-state index in [4.69, 9.17) is 14.9 Å². The summed E-state index contributed by atoms with van der Waals surface area (Å²) in [5, 5.41) is 3.05. The van der Waals surface area contributed by atoms with Gasteiger partial charge in [-0.05, 0) is 13.0 Å². The van der Waals surface area contributed by atoms with Crippen molar-refractivity contribution in [1.29, 1.82) is 0 Å². The van der Waals surface area contributed by atoms with Gasteiger partial charge in [-0.1, -0.05) is 0 Å². The standard InChI is InChI=1S/C12H18N2O5/c1-8-10(12(16)17-2)5-9(19-8)6-14-3-4-18-7-11(13)15/h5,14H,3-4,6-7H2,1-2H3,(H2,13,15). The lowest BCUT2D eigenvalue weighted by molar-refractivity contribution is -0.122. The highest BCUT2D eigenvalue weighted by Gasteiger charge is 2.14. The molecule has 7 heteroatoms. The summed E-state index contributed by atoms with van der Waals surface area (Å²) in [5.74, 6) is 0.239. The zero-order valence-corrected chi connectivity index (χ0v) is 11.0. The molecule has 1 aromatic heterocycles. The highest BCUT2D eigenvalue weighted by atomic mass is 16.5. The zero-order chi connectivity index (χ0) is 14.3. The van der Waals surface area contributed by atoms with Crippen LogP contribution in [0.3, 0.4) is 0 Å². The Bertz CT molecular complexity index is 441. The fraction of sp³-hybridized carbons (Fsp3) is 0.500. The van der Waals surface area contributed by atoms with Crippen molar-refractivity contribution in [1.82, 2.24) is 5.32 Å². The Kier molecular flexibility index (Phi) is 6.04. The molecule has 0 aliphatic rings. The molecule has 0 aromatic carbocycles. The molecular weight excluding hydrogens is 252 g/mol. The van der Waals surface area contributed by atoms with Crippen LogP contribution >= 0.6 is 0 Å². The third-order valence-electron chi connectivity index (χ3n) is 2.34. The maximum absolute atomic E-state index is 11.4. The van der Waals surface area contributed by atoms with Crippen LogP contribution in [-0.2, 0) is 20.8 Å². The molecule has 1 rings (SSSR count). The molecular formula is C12H18N2O5. The lowest BCUT2D eigenvalue weighted by Gasteiger charge is -2.02. The van der Waals surface area contributed by atoms with Gasteiger partial charge < -0.3 is 24.9 Å². The molecule has 1 amide bonds. The normalized spacial score (nSPS) is 10.4. The Morgan fingerprint density at radius 1 is 1.47 bits per heavy atom. The molecule has 0 aliphatic heterocycles. The van der Waals surface area contributed by atoms with Gasteiger partial charge in [-0.25, -0.2) is 4.79 Å². The van der Waals surface area contributed by atoms with Gasteiger partial charge in [0.25, 0.3) is 0 Å². The fourth-order valence-corrected chi connectivity index (χ4v) is 1.47. The average Bonchev–Trinajstić information content (AvgIpc) is 2.73. The predicted molar refractivity (Wildman–Crippen MR) is 66.5 cm³/mol. The second-order valence-electron chi connectivity index (χ2n) is 3.87. The zero-order valence-electron chi connectivity index (χ0n) is 11.0. The molecule has 0 unspecified atom stereocenters. The van der Waals surface area contributed by atoms with Crippen LogP contribution in [-0.4, -0.2) is 38.7 Å². The quantitative estimate of drug-likeness (QED) is 0.507. The first-order valence-electron chi connectivity index (χ1n) is 5.79. The maximum atomic E-state index is 11.4. The van der Waals surface area contributed by atoms with Crippen LogP contribution < -0.4 is 11.1 Å². The van der Waals surface area contributed by atoms with Crippen LogP contribution in [0.25, 0.3) is 0 Å². The van der Waals surface area contributed by atoms with E-state index >= 15 is 0 Å². The summed E-state index contributed by atoms with van der Waals surface area (Å²) in [5.41, 5.74) is 5.34. The van der Waals surface area contributed by atoms with Gasteiger partial charge in [-0.2, -0.15) is 0 Å². The summed E-state index contributed by atoms with van der Waals surface area (Å²) in [6.45, 7) is 2.98. The largest absolute Gasteiger partial charge is 0.465 e. The van der Waals surface area contributed by atoms with Crippen LogP contribution in [0.1, 0.15) is 21.9 Å². The van der Waals surface area contributed by atoms with Gasteiger partial charge in [0, 0.05) is 6.54 Å². The summed E-state index contributed by atoms with van der Waals surface area (Å²) < 4.78 is 15.0. The van der Waals surface area contributed by atoms with Crippen molar-refractivity contribution in [2.75, 3.05) is 26.9 Å². The molecule has 7 nitrogen and oxygen atoms in total. The molecule has 0 saturated carbocycles. The first-order valence-corrected chi connectivity index (χ1v) is 5.79. The summed E-state index contributed by atoms with van der Waals surface area (Å²) >= 11 is 0. The van der Waals surface area contributed by atoms with Gasteiger partial charge in [-0.15, -0.1) is 0 Å².